The first-order chi connectivity index (χ1) is 14.0. The Hall–Kier alpha value is -3.68. The third-order valence-corrected chi connectivity index (χ3v) is 4.65. The normalized spacial score (nSPS) is 12.4. The van der Waals surface area contributed by atoms with Gasteiger partial charge in [0.2, 0.25) is 5.91 Å². The molecule has 0 atom stereocenters. The molecule has 8 nitrogen and oxygen atoms in total. The maximum atomic E-state index is 12.6. The van der Waals surface area contributed by atoms with Gasteiger partial charge in [0.15, 0.2) is 6.61 Å². The van der Waals surface area contributed by atoms with E-state index in [9.17, 15) is 14.4 Å². The molecule has 0 spiro atoms. The number of hydrogen-bond acceptors (Lipinski definition) is 5. The fraction of sp³-hybridized carbons (Fsp3) is 0.238. The second-order valence-electron chi connectivity index (χ2n) is 6.86. The first kappa shape index (κ1) is 18.7. The van der Waals surface area contributed by atoms with Gasteiger partial charge in [-0.05, 0) is 48.9 Å². The summed E-state index contributed by atoms with van der Waals surface area (Å²) in [4.78, 5) is 40.3. The molecular weight excluding hydrogens is 372 g/mol. The van der Waals surface area contributed by atoms with Gasteiger partial charge in [-0.3, -0.25) is 19.0 Å². The van der Waals surface area contributed by atoms with Crippen LogP contribution >= 0.6 is 0 Å². The van der Waals surface area contributed by atoms with Crippen LogP contribution in [0, 0.1) is 0 Å². The summed E-state index contributed by atoms with van der Waals surface area (Å²) in [5, 5.41) is 5.87. The molecule has 148 valence electrons. The molecule has 2 heterocycles. The van der Waals surface area contributed by atoms with Crippen LogP contribution in [0.2, 0.25) is 0 Å². The van der Waals surface area contributed by atoms with Gasteiger partial charge in [0, 0.05) is 31.3 Å². The average molecular weight is 392 g/mol. The number of nitrogens with zero attached hydrogens (tertiary/aromatic N) is 2. The van der Waals surface area contributed by atoms with Crippen LogP contribution in [-0.2, 0) is 22.6 Å². The van der Waals surface area contributed by atoms with Crippen LogP contribution in [0.25, 0.3) is 10.9 Å². The smallest absolute Gasteiger partial charge is 0.262 e. The number of hydrogen-bond donors (Lipinski definition) is 2. The van der Waals surface area contributed by atoms with Crippen LogP contribution in [0.3, 0.4) is 0 Å². The van der Waals surface area contributed by atoms with Gasteiger partial charge in [-0.2, -0.15) is 0 Å². The van der Waals surface area contributed by atoms with Gasteiger partial charge in [0.1, 0.15) is 11.6 Å². The van der Waals surface area contributed by atoms with Crippen molar-refractivity contribution in [3.63, 3.8) is 0 Å². The van der Waals surface area contributed by atoms with E-state index in [1.807, 2.05) is 0 Å². The summed E-state index contributed by atoms with van der Waals surface area (Å²) in [7, 11) is 0. The van der Waals surface area contributed by atoms with E-state index in [0.717, 1.165) is 18.7 Å². The number of amides is 2. The predicted molar refractivity (Wildman–Crippen MR) is 109 cm³/mol. The molecule has 0 fully saturated rings. The fourth-order valence-electron chi connectivity index (χ4n) is 3.34. The number of anilines is 2. The van der Waals surface area contributed by atoms with E-state index in [2.05, 4.69) is 15.6 Å². The molecule has 2 N–H and O–H groups in total. The van der Waals surface area contributed by atoms with E-state index >= 15 is 0 Å². The highest BCUT2D eigenvalue weighted by molar-refractivity contribution is 5.93. The SMILES string of the molecule is CC(=O)Nc1ccc(NC(=O)COc2ccc3nc4n(c(=O)c3c2)CCC4)cc1. The number of nitrogens with one attached hydrogen (secondary N) is 2. The molecular formula is C21H20N4O4. The molecule has 29 heavy (non-hydrogen) atoms. The Labute approximate surface area is 166 Å². The fourth-order valence-corrected chi connectivity index (χ4v) is 3.34. The highest BCUT2D eigenvalue weighted by Gasteiger charge is 2.16. The lowest BCUT2D eigenvalue weighted by molar-refractivity contribution is -0.118. The number of rotatable bonds is 5. The lowest BCUT2D eigenvalue weighted by Crippen LogP contribution is -2.22. The highest BCUT2D eigenvalue weighted by atomic mass is 16.5. The number of ether oxygens (including phenoxy) is 1. The number of carbonyl (C=O) groups is 2. The summed E-state index contributed by atoms with van der Waals surface area (Å²) in [6.45, 7) is 1.92. The Morgan fingerprint density at radius 3 is 2.55 bits per heavy atom. The molecule has 1 aliphatic heterocycles. The van der Waals surface area contributed by atoms with E-state index in [1.54, 1.807) is 47.0 Å². The third-order valence-electron chi connectivity index (χ3n) is 4.65. The third kappa shape index (κ3) is 4.11. The van der Waals surface area contributed by atoms with E-state index in [4.69, 9.17) is 4.74 Å². The zero-order valence-electron chi connectivity index (χ0n) is 15.9. The molecule has 2 aromatic carbocycles. The minimum atomic E-state index is -0.332. The molecule has 0 bridgehead atoms. The van der Waals surface area contributed by atoms with Gasteiger partial charge < -0.3 is 15.4 Å². The van der Waals surface area contributed by atoms with Crippen LogP contribution in [0.4, 0.5) is 11.4 Å². The van der Waals surface area contributed by atoms with Crippen molar-refractivity contribution in [2.24, 2.45) is 0 Å². The summed E-state index contributed by atoms with van der Waals surface area (Å²) >= 11 is 0. The largest absolute Gasteiger partial charge is 0.484 e. The van der Waals surface area contributed by atoms with E-state index in [1.165, 1.54) is 6.92 Å². The highest BCUT2D eigenvalue weighted by Crippen LogP contribution is 2.20. The van der Waals surface area contributed by atoms with Gasteiger partial charge in [-0.25, -0.2) is 4.98 Å². The van der Waals surface area contributed by atoms with Crippen molar-refractivity contribution in [1.82, 2.24) is 9.55 Å². The van der Waals surface area contributed by atoms with Gasteiger partial charge in [-0.1, -0.05) is 0 Å². The van der Waals surface area contributed by atoms with Gasteiger partial charge in [0.25, 0.3) is 11.5 Å². The van der Waals surface area contributed by atoms with Crippen molar-refractivity contribution in [3.8, 4) is 5.75 Å². The van der Waals surface area contributed by atoms with E-state index < -0.39 is 0 Å². The zero-order valence-corrected chi connectivity index (χ0v) is 15.9. The summed E-state index contributed by atoms with van der Waals surface area (Å²) < 4.78 is 7.25. The molecule has 0 radical (unpaired) electrons. The number of aryl methyl sites for hydroxylation is 1. The molecule has 0 saturated heterocycles. The van der Waals surface area contributed by atoms with E-state index in [0.29, 0.717) is 34.6 Å². The zero-order chi connectivity index (χ0) is 20.4. The Kier molecular flexibility index (Phi) is 4.99. The van der Waals surface area contributed by atoms with Crippen molar-refractivity contribution in [2.45, 2.75) is 26.3 Å². The number of carbonyl (C=O) groups excluding carboxylic acids is 2. The van der Waals surface area contributed by atoms with E-state index in [-0.39, 0.29) is 24.0 Å². The summed E-state index contributed by atoms with van der Waals surface area (Å²) in [5.74, 6) is 0.762. The summed E-state index contributed by atoms with van der Waals surface area (Å²) in [5.41, 5.74) is 1.80. The van der Waals surface area contributed by atoms with Crippen molar-refractivity contribution < 1.29 is 14.3 Å². The van der Waals surface area contributed by atoms with Crippen LogP contribution in [-0.4, -0.2) is 28.0 Å². The molecule has 2 amide bonds. The maximum Gasteiger partial charge on any atom is 0.262 e. The molecule has 1 aromatic heterocycles. The maximum absolute atomic E-state index is 12.6. The minimum Gasteiger partial charge on any atom is -0.484 e. The topological polar surface area (TPSA) is 102 Å². The lowest BCUT2D eigenvalue weighted by Gasteiger charge is -2.10. The van der Waals surface area contributed by atoms with Crippen molar-refractivity contribution in [1.29, 1.82) is 0 Å². The van der Waals surface area contributed by atoms with Crippen LogP contribution < -0.4 is 20.9 Å². The number of benzene rings is 2. The second kappa shape index (κ2) is 7.75. The van der Waals surface area contributed by atoms with Gasteiger partial charge >= 0.3 is 0 Å². The van der Waals surface area contributed by atoms with Crippen molar-refractivity contribution in [2.75, 3.05) is 17.2 Å². The molecule has 0 saturated carbocycles. The van der Waals surface area contributed by atoms with Crippen molar-refractivity contribution in [3.05, 3.63) is 58.6 Å². The Balaban J connectivity index is 1.41. The van der Waals surface area contributed by atoms with Crippen LogP contribution in [0.15, 0.2) is 47.3 Å². The molecule has 1 aliphatic rings. The number of aromatic nitrogens is 2. The van der Waals surface area contributed by atoms with Gasteiger partial charge in [0.05, 0.1) is 10.9 Å². The Morgan fingerprint density at radius 2 is 1.83 bits per heavy atom. The molecule has 3 aromatic rings. The van der Waals surface area contributed by atoms with Gasteiger partial charge in [-0.15, -0.1) is 0 Å². The number of fused-ring (bicyclic) bond motifs is 2. The second-order valence-corrected chi connectivity index (χ2v) is 6.86. The first-order valence-corrected chi connectivity index (χ1v) is 9.33. The van der Waals surface area contributed by atoms with Crippen LogP contribution in [0.1, 0.15) is 19.2 Å². The van der Waals surface area contributed by atoms with Crippen molar-refractivity contribution >= 4 is 34.1 Å². The molecule has 4 rings (SSSR count). The monoisotopic (exact) mass is 392 g/mol. The molecule has 8 heteroatoms. The molecule has 0 aliphatic carbocycles. The standard InChI is InChI=1S/C21H20N4O4/c1-13(26)22-14-4-6-15(7-5-14)23-20(27)12-29-16-8-9-18-17(11-16)21(28)25-10-2-3-19(25)24-18/h4-9,11H,2-3,10,12H2,1H3,(H,22,26)(H,23,27). The predicted octanol–water partition coefficient (Wildman–Crippen LogP) is 2.32. The molecule has 0 unspecified atom stereocenters. The summed E-state index contributed by atoms with van der Waals surface area (Å²) in [6.07, 6.45) is 1.74. The average Bonchev–Trinajstić information content (AvgIpc) is 3.17. The first-order valence-electron chi connectivity index (χ1n) is 9.33. The lowest BCUT2D eigenvalue weighted by atomic mass is 10.2. The minimum absolute atomic E-state index is 0.0725. The van der Waals surface area contributed by atoms with Crippen LogP contribution in [0.5, 0.6) is 5.75 Å². The quantitative estimate of drug-likeness (QED) is 0.694. The Bertz CT molecular complexity index is 1150. The summed E-state index contributed by atoms with van der Waals surface area (Å²) in [6, 6.07) is 11.8. The Morgan fingerprint density at radius 1 is 1.10 bits per heavy atom.